The van der Waals surface area contributed by atoms with Crippen LogP contribution in [0, 0.1) is 0 Å². The predicted molar refractivity (Wildman–Crippen MR) is 87.9 cm³/mol. The molecule has 0 fully saturated rings. The number of carboxylic acid groups (broad SMARTS) is 1. The third-order valence-corrected chi connectivity index (χ3v) is 2.81. The highest BCUT2D eigenvalue weighted by atomic mass is 16.5. The van der Waals surface area contributed by atoms with Gasteiger partial charge in [-0.25, -0.2) is 0 Å². The van der Waals surface area contributed by atoms with Crippen LogP contribution in [-0.4, -0.2) is 11.1 Å². The van der Waals surface area contributed by atoms with E-state index in [-0.39, 0.29) is 0 Å². The van der Waals surface area contributed by atoms with Gasteiger partial charge in [0.05, 0.1) is 12.5 Å². The third-order valence-electron chi connectivity index (χ3n) is 2.81. The number of carboxylic acids is 1. The summed E-state index contributed by atoms with van der Waals surface area (Å²) in [5.74, 6) is -0.692. The Hall–Kier alpha value is -1.77. The number of aliphatic carboxylic acids is 1. The van der Waals surface area contributed by atoms with Gasteiger partial charge in [-0.05, 0) is 37.8 Å². The number of ether oxygens (including phenoxy) is 1. The third kappa shape index (κ3) is 18.2. The van der Waals surface area contributed by atoms with Gasteiger partial charge < -0.3 is 9.84 Å². The van der Waals surface area contributed by atoms with E-state index in [2.05, 4.69) is 19.1 Å². The minimum atomic E-state index is -0.692. The topological polar surface area (TPSA) is 46.5 Å². The number of hydrogen-bond donors (Lipinski definition) is 1. The van der Waals surface area contributed by atoms with Crippen LogP contribution in [0.25, 0.3) is 0 Å². The van der Waals surface area contributed by atoms with Gasteiger partial charge in [-0.1, -0.05) is 50.5 Å². The highest BCUT2D eigenvalue weighted by molar-refractivity contribution is 5.66. The molecule has 0 amide bonds. The molecule has 3 heteroatoms. The smallest absolute Gasteiger partial charge is 0.303 e. The van der Waals surface area contributed by atoms with Gasteiger partial charge in [0, 0.05) is 6.42 Å². The maximum atomic E-state index is 10.3. The SMILES string of the molecule is CC/C=C\C=C\O/C=C\C=C/CCCCCCCC(=O)O. The van der Waals surface area contributed by atoms with Gasteiger partial charge in [0.25, 0.3) is 0 Å². The van der Waals surface area contributed by atoms with Gasteiger partial charge in [0.2, 0.25) is 0 Å². The van der Waals surface area contributed by atoms with Crippen molar-refractivity contribution in [1.82, 2.24) is 0 Å². The van der Waals surface area contributed by atoms with Crippen LogP contribution in [0.1, 0.15) is 58.3 Å². The molecule has 0 atom stereocenters. The molecule has 0 bridgehead atoms. The number of carbonyl (C=O) groups is 1. The Morgan fingerprint density at radius 3 is 2.19 bits per heavy atom. The normalized spacial score (nSPS) is 12.2. The van der Waals surface area contributed by atoms with Crippen LogP contribution in [-0.2, 0) is 9.53 Å². The predicted octanol–water partition coefficient (Wildman–Crippen LogP) is 5.37. The maximum absolute atomic E-state index is 10.3. The number of allylic oxidation sites excluding steroid dienone is 6. The van der Waals surface area contributed by atoms with E-state index in [1.54, 1.807) is 12.5 Å². The van der Waals surface area contributed by atoms with Crippen LogP contribution in [0.5, 0.6) is 0 Å². The molecule has 0 aliphatic rings. The van der Waals surface area contributed by atoms with Crippen molar-refractivity contribution >= 4 is 5.97 Å². The fourth-order valence-corrected chi connectivity index (χ4v) is 1.68. The zero-order valence-electron chi connectivity index (χ0n) is 13.0. The van der Waals surface area contributed by atoms with Crippen molar-refractivity contribution in [1.29, 1.82) is 0 Å². The Bertz CT molecular complexity index is 351. The Morgan fingerprint density at radius 1 is 0.905 bits per heavy atom. The largest absolute Gasteiger partial charge is 0.481 e. The van der Waals surface area contributed by atoms with Crippen LogP contribution in [0.3, 0.4) is 0 Å². The first-order valence-corrected chi connectivity index (χ1v) is 7.78. The lowest BCUT2D eigenvalue weighted by Gasteiger charge is -1.97. The zero-order chi connectivity index (χ0) is 15.6. The molecule has 118 valence electrons. The molecule has 0 saturated carbocycles. The Morgan fingerprint density at radius 2 is 1.52 bits per heavy atom. The summed E-state index contributed by atoms with van der Waals surface area (Å²) in [7, 11) is 0. The molecule has 0 spiro atoms. The second-order valence-electron chi connectivity index (χ2n) is 4.76. The van der Waals surface area contributed by atoms with Gasteiger partial charge in [-0.2, -0.15) is 0 Å². The molecule has 0 radical (unpaired) electrons. The second-order valence-corrected chi connectivity index (χ2v) is 4.76. The summed E-state index contributed by atoms with van der Waals surface area (Å²) < 4.78 is 5.16. The first kappa shape index (κ1) is 19.2. The van der Waals surface area contributed by atoms with Crippen molar-refractivity contribution < 1.29 is 14.6 Å². The van der Waals surface area contributed by atoms with Gasteiger partial charge in [-0.15, -0.1) is 0 Å². The van der Waals surface area contributed by atoms with E-state index in [4.69, 9.17) is 9.84 Å². The first-order chi connectivity index (χ1) is 10.3. The van der Waals surface area contributed by atoms with Crippen molar-refractivity contribution in [3.63, 3.8) is 0 Å². The van der Waals surface area contributed by atoms with Crippen LogP contribution in [0.4, 0.5) is 0 Å². The molecule has 0 heterocycles. The Balaban J connectivity index is 3.34. The fourth-order valence-electron chi connectivity index (χ4n) is 1.68. The van der Waals surface area contributed by atoms with Crippen LogP contribution in [0.2, 0.25) is 0 Å². The van der Waals surface area contributed by atoms with E-state index < -0.39 is 5.97 Å². The Kier molecular flexibility index (Phi) is 14.9. The zero-order valence-corrected chi connectivity index (χ0v) is 13.0. The van der Waals surface area contributed by atoms with Gasteiger partial charge in [-0.3, -0.25) is 4.79 Å². The summed E-state index contributed by atoms with van der Waals surface area (Å²) in [6, 6.07) is 0. The van der Waals surface area contributed by atoms with Crippen LogP contribution >= 0.6 is 0 Å². The van der Waals surface area contributed by atoms with Crippen molar-refractivity contribution in [3.8, 4) is 0 Å². The van der Waals surface area contributed by atoms with E-state index in [0.717, 1.165) is 44.9 Å². The molecule has 1 N–H and O–H groups in total. The molecule has 0 aromatic rings. The van der Waals surface area contributed by atoms with Gasteiger partial charge in [0.15, 0.2) is 0 Å². The molecule has 0 unspecified atom stereocenters. The maximum Gasteiger partial charge on any atom is 0.303 e. The minimum absolute atomic E-state index is 0.299. The average molecular weight is 292 g/mol. The molecule has 0 aliphatic carbocycles. The van der Waals surface area contributed by atoms with E-state index in [1.807, 2.05) is 24.3 Å². The standard InChI is InChI=1S/C18H28O3/c1-2-3-4-13-16-21-17-14-11-9-7-5-6-8-10-12-15-18(19)20/h3-4,9,11,13-14,16-17H,2,5-8,10,12,15H2,1H3,(H,19,20)/b4-3-,11-9-,16-13+,17-14-. The van der Waals surface area contributed by atoms with E-state index in [1.165, 1.54) is 0 Å². The highest BCUT2D eigenvalue weighted by Crippen LogP contribution is 2.07. The summed E-state index contributed by atoms with van der Waals surface area (Å²) in [6.07, 6.45) is 22.8. The number of unbranched alkanes of at least 4 members (excludes halogenated alkanes) is 5. The highest BCUT2D eigenvalue weighted by Gasteiger charge is 1.95. The van der Waals surface area contributed by atoms with Crippen LogP contribution < -0.4 is 0 Å². The molecule has 21 heavy (non-hydrogen) atoms. The fraction of sp³-hybridized carbons (Fsp3) is 0.500. The van der Waals surface area contributed by atoms with Crippen molar-refractivity contribution in [2.24, 2.45) is 0 Å². The average Bonchev–Trinajstić information content (AvgIpc) is 2.46. The quantitative estimate of drug-likeness (QED) is 0.282. The summed E-state index contributed by atoms with van der Waals surface area (Å²) >= 11 is 0. The lowest BCUT2D eigenvalue weighted by molar-refractivity contribution is -0.137. The summed E-state index contributed by atoms with van der Waals surface area (Å²) in [5, 5.41) is 8.50. The van der Waals surface area contributed by atoms with Crippen molar-refractivity contribution in [2.45, 2.75) is 58.3 Å². The monoisotopic (exact) mass is 292 g/mol. The number of rotatable bonds is 13. The molecule has 0 saturated heterocycles. The van der Waals surface area contributed by atoms with Crippen molar-refractivity contribution in [3.05, 3.63) is 49.0 Å². The molecule has 0 rings (SSSR count). The van der Waals surface area contributed by atoms with E-state index >= 15 is 0 Å². The lowest BCUT2D eigenvalue weighted by atomic mass is 10.1. The molecule has 0 aliphatic heterocycles. The summed E-state index contributed by atoms with van der Waals surface area (Å²) in [4.78, 5) is 10.3. The van der Waals surface area contributed by atoms with Crippen LogP contribution in [0.15, 0.2) is 49.0 Å². The molecular formula is C18H28O3. The Labute approximate surface area is 128 Å². The second kappa shape index (κ2) is 16.3. The molecule has 0 aromatic heterocycles. The van der Waals surface area contributed by atoms with Crippen molar-refractivity contribution in [2.75, 3.05) is 0 Å². The first-order valence-electron chi connectivity index (χ1n) is 7.78. The minimum Gasteiger partial charge on any atom is -0.481 e. The summed E-state index contributed by atoms with van der Waals surface area (Å²) in [5.41, 5.74) is 0. The van der Waals surface area contributed by atoms with Gasteiger partial charge >= 0.3 is 5.97 Å². The lowest BCUT2D eigenvalue weighted by Crippen LogP contribution is -1.93. The molecule has 0 aromatic carbocycles. The van der Waals surface area contributed by atoms with E-state index in [9.17, 15) is 4.79 Å². The molecule has 3 nitrogen and oxygen atoms in total. The van der Waals surface area contributed by atoms with Gasteiger partial charge in [0.1, 0.15) is 0 Å². The molecular weight excluding hydrogens is 264 g/mol. The number of hydrogen-bond acceptors (Lipinski definition) is 2. The van der Waals surface area contributed by atoms with E-state index in [0.29, 0.717) is 6.42 Å². The summed E-state index contributed by atoms with van der Waals surface area (Å²) in [6.45, 7) is 2.09.